The van der Waals surface area contributed by atoms with Crippen molar-refractivity contribution in [2.24, 2.45) is 0 Å². The Morgan fingerprint density at radius 1 is 1.26 bits per heavy atom. The van der Waals surface area contributed by atoms with E-state index >= 15 is 0 Å². The van der Waals surface area contributed by atoms with Gasteiger partial charge in [0.2, 0.25) is 0 Å². The summed E-state index contributed by atoms with van der Waals surface area (Å²) in [5, 5.41) is 0.720. The van der Waals surface area contributed by atoms with Gasteiger partial charge in [0, 0.05) is 34.8 Å². The van der Waals surface area contributed by atoms with Gasteiger partial charge in [0.25, 0.3) is 5.56 Å². The fourth-order valence-electron chi connectivity index (χ4n) is 3.20. The molecule has 0 amide bonds. The van der Waals surface area contributed by atoms with Crippen LogP contribution in [-0.4, -0.2) is 21.6 Å². The number of hydrogen-bond acceptors (Lipinski definition) is 3. The lowest BCUT2D eigenvalue weighted by atomic mass is 10.1. The molecule has 1 aromatic heterocycles. The molecule has 0 spiro atoms. The van der Waals surface area contributed by atoms with Crippen molar-refractivity contribution in [3.8, 4) is 0 Å². The largest absolute Gasteiger partial charge is 0.408 e. The van der Waals surface area contributed by atoms with Gasteiger partial charge in [-0.3, -0.25) is 4.79 Å². The van der Waals surface area contributed by atoms with E-state index in [2.05, 4.69) is 0 Å². The van der Waals surface area contributed by atoms with E-state index in [0.717, 1.165) is 18.4 Å². The van der Waals surface area contributed by atoms with Gasteiger partial charge < -0.3 is 4.57 Å². The zero-order valence-corrected chi connectivity index (χ0v) is 16.7. The molecule has 146 valence electrons. The summed E-state index contributed by atoms with van der Waals surface area (Å²) < 4.78 is 44.4. The Morgan fingerprint density at radius 3 is 2.52 bits per heavy atom. The van der Waals surface area contributed by atoms with E-state index in [4.69, 9.17) is 23.2 Å². The smallest absolute Gasteiger partial charge is 0.311 e. The summed E-state index contributed by atoms with van der Waals surface area (Å²) in [6, 6.07) is 5.06. The fourth-order valence-corrected chi connectivity index (χ4v) is 4.76. The zero-order chi connectivity index (χ0) is 19.8. The summed E-state index contributed by atoms with van der Waals surface area (Å²) >= 11 is 13.1. The van der Waals surface area contributed by atoms with Crippen LogP contribution in [0.4, 0.5) is 13.2 Å². The minimum Gasteiger partial charge on any atom is -0.311 e. The van der Waals surface area contributed by atoms with Crippen molar-refractivity contribution in [3.63, 3.8) is 0 Å². The molecule has 27 heavy (non-hydrogen) atoms. The van der Waals surface area contributed by atoms with Crippen LogP contribution in [0.2, 0.25) is 10.0 Å². The van der Waals surface area contributed by atoms with Crippen LogP contribution in [-0.2, 0) is 13.0 Å². The Balaban J connectivity index is 1.99. The van der Waals surface area contributed by atoms with E-state index in [1.165, 1.54) is 34.6 Å². The number of fused-ring (bicyclic) bond motifs is 1. The van der Waals surface area contributed by atoms with Gasteiger partial charge in [-0.1, -0.05) is 42.3 Å². The van der Waals surface area contributed by atoms with Crippen molar-refractivity contribution in [3.05, 3.63) is 62.0 Å². The Kier molecular flexibility index (Phi) is 6.15. The van der Waals surface area contributed by atoms with Gasteiger partial charge in [0.15, 0.2) is 0 Å². The first-order chi connectivity index (χ1) is 12.7. The predicted molar refractivity (Wildman–Crippen MR) is 103 cm³/mol. The van der Waals surface area contributed by atoms with Crippen molar-refractivity contribution in [2.75, 3.05) is 6.54 Å². The SMILES string of the molecule is CCN(Sc1cc(=O)n2c(c1Cl)CCC2)[C@H](c1ccc(Cl)cc1)C(F)(F)F. The minimum absolute atomic E-state index is 0.0789. The van der Waals surface area contributed by atoms with E-state index in [0.29, 0.717) is 33.6 Å². The van der Waals surface area contributed by atoms with Crippen LogP contribution in [0.15, 0.2) is 40.0 Å². The van der Waals surface area contributed by atoms with E-state index in [1.807, 2.05) is 0 Å². The number of halogens is 5. The Morgan fingerprint density at radius 2 is 1.93 bits per heavy atom. The molecule has 1 aliphatic heterocycles. The number of pyridine rings is 1. The third kappa shape index (κ3) is 4.31. The van der Waals surface area contributed by atoms with Crippen LogP contribution in [0, 0.1) is 0 Å². The van der Waals surface area contributed by atoms with Crippen LogP contribution >= 0.6 is 35.1 Å². The molecule has 3 rings (SSSR count). The number of nitrogens with zero attached hydrogens (tertiary/aromatic N) is 2. The predicted octanol–water partition coefficient (Wildman–Crippen LogP) is 5.73. The first kappa shape index (κ1) is 20.6. The fraction of sp³-hybridized carbons (Fsp3) is 0.389. The molecule has 3 nitrogen and oxygen atoms in total. The monoisotopic (exact) mass is 436 g/mol. The van der Waals surface area contributed by atoms with Crippen LogP contribution < -0.4 is 5.56 Å². The summed E-state index contributed by atoms with van der Waals surface area (Å²) in [4.78, 5) is 12.6. The summed E-state index contributed by atoms with van der Waals surface area (Å²) in [5.41, 5.74) is 0.536. The van der Waals surface area contributed by atoms with Gasteiger partial charge in [-0.05, 0) is 42.5 Å². The quantitative estimate of drug-likeness (QED) is 0.559. The molecule has 1 aliphatic rings. The first-order valence-electron chi connectivity index (χ1n) is 8.41. The Labute approximate surface area is 169 Å². The molecule has 0 radical (unpaired) electrons. The number of alkyl halides is 3. The van der Waals surface area contributed by atoms with Crippen LogP contribution in [0.5, 0.6) is 0 Å². The third-order valence-corrected chi connectivity index (χ3v) is 6.43. The highest BCUT2D eigenvalue weighted by Gasteiger charge is 2.45. The maximum atomic E-state index is 13.9. The molecule has 0 saturated carbocycles. The minimum atomic E-state index is -4.50. The second kappa shape index (κ2) is 8.07. The number of aromatic nitrogens is 1. The van der Waals surface area contributed by atoms with E-state index < -0.39 is 12.2 Å². The van der Waals surface area contributed by atoms with Crippen LogP contribution in [0.1, 0.15) is 30.6 Å². The molecule has 0 fully saturated rings. The highest BCUT2D eigenvalue weighted by molar-refractivity contribution is 7.97. The van der Waals surface area contributed by atoms with Gasteiger partial charge in [0.05, 0.1) is 5.02 Å². The lowest BCUT2D eigenvalue weighted by Gasteiger charge is -2.31. The summed E-state index contributed by atoms with van der Waals surface area (Å²) in [6.45, 7) is 2.33. The summed E-state index contributed by atoms with van der Waals surface area (Å²) in [5.74, 6) is 0. The molecule has 0 bridgehead atoms. The van der Waals surface area contributed by atoms with Crippen molar-refractivity contribution >= 4 is 35.1 Å². The molecular formula is C18H17Cl2F3N2OS. The molecule has 0 aliphatic carbocycles. The standard InChI is InChI=1S/C18H17Cl2F3N2OS/c1-2-25(17(18(21,22)23)11-5-7-12(19)8-6-11)27-14-10-15(26)24-9-3-4-13(24)16(14)20/h5-8,10,17H,2-4,9H2,1H3/t17-/m1/s1. The second-order valence-electron chi connectivity index (χ2n) is 6.18. The highest BCUT2D eigenvalue weighted by Crippen LogP contribution is 2.44. The van der Waals surface area contributed by atoms with E-state index in [1.54, 1.807) is 11.5 Å². The second-order valence-corrected chi connectivity index (χ2v) is 8.09. The number of hydrogen-bond donors (Lipinski definition) is 0. The maximum Gasteiger partial charge on any atom is 0.408 e. The van der Waals surface area contributed by atoms with Crippen LogP contribution in [0.3, 0.4) is 0 Å². The van der Waals surface area contributed by atoms with Gasteiger partial charge in [0.1, 0.15) is 6.04 Å². The van der Waals surface area contributed by atoms with Crippen molar-refractivity contribution in [2.45, 2.75) is 43.4 Å². The zero-order valence-electron chi connectivity index (χ0n) is 14.4. The van der Waals surface area contributed by atoms with Gasteiger partial charge in [-0.15, -0.1) is 0 Å². The molecule has 9 heteroatoms. The Hall–Kier alpha value is -1.15. The van der Waals surface area contributed by atoms with Crippen molar-refractivity contribution < 1.29 is 13.2 Å². The van der Waals surface area contributed by atoms with Gasteiger partial charge in [-0.25, -0.2) is 4.31 Å². The third-order valence-electron chi connectivity index (χ3n) is 4.42. The molecule has 0 N–H and O–H groups in total. The molecule has 0 saturated heterocycles. The molecule has 1 aromatic carbocycles. The van der Waals surface area contributed by atoms with E-state index in [9.17, 15) is 18.0 Å². The molecule has 1 atom stereocenters. The molecule has 0 unspecified atom stereocenters. The maximum absolute atomic E-state index is 13.9. The highest BCUT2D eigenvalue weighted by atomic mass is 35.5. The lowest BCUT2D eigenvalue weighted by molar-refractivity contribution is -0.172. The molecule has 2 aromatic rings. The normalized spacial score (nSPS) is 15.2. The molecule has 2 heterocycles. The topological polar surface area (TPSA) is 25.2 Å². The average Bonchev–Trinajstić information content (AvgIpc) is 3.09. The summed E-state index contributed by atoms with van der Waals surface area (Å²) in [7, 11) is 0. The van der Waals surface area contributed by atoms with Gasteiger partial charge >= 0.3 is 6.18 Å². The lowest BCUT2D eigenvalue weighted by Crippen LogP contribution is -2.34. The van der Waals surface area contributed by atoms with Crippen molar-refractivity contribution in [1.82, 2.24) is 8.87 Å². The van der Waals surface area contributed by atoms with Crippen LogP contribution in [0.25, 0.3) is 0 Å². The van der Waals surface area contributed by atoms with E-state index in [-0.39, 0.29) is 17.7 Å². The molecular weight excluding hydrogens is 420 g/mol. The number of rotatable bonds is 5. The Bertz CT molecular complexity index is 884. The number of benzene rings is 1. The summed E-state index contributed by atoms with van der Waals surface area (Å²) in [6.07, 6.45) is -3.06. The van der Waals surface area contributed by atoms with Crippen molar-refractivity contribution in [1.29, 1.82) is 0 Å². The average molecular weight is 437 g/mol. The first-order valence-corrected chi connectivity index (χ1v) is 9.94. The van der Waals surface area contributed by atoms with Gasteiger partial charge in [-0.2, -0.15) is 13.2 Å².